The summed E-state index contributed by atoms with van der Waals surface area (Å²) in [5.41, 5.74) is 0.810. The first kappa shape index (κ1) is 12.1. The minimum atomic E-state index is -0.0452. The smallest absolute Gasteiger partial charge is 0.160 e. The summed E-state index contributed by atoms with van der Waals surface area (Å²) in [7, 11) is 0. The van der Waals surface area contributed by atoms with Crippen molar-refractivity contribution in [2.45, 2.75) is 38.7 Å². The highest BCUT2D eigenvalue weighted by molar-refractivity contribution is 6.34. The van der Waals surface area contributed by atoms with Crippen LogP contribution in [0, 0.1) is 0 Å². The lowest BCUT2D eigenvalue weighted by Crippen LogP contribution is -2.06. The molecule has 0 N–H and O–H groups in total. The fraction of sp³-hybridized carbons (Fsp3) is 0.636. The van der Waals surface area contributed by atoms with E-state index in [1.54, 1.807) is 0 Å². The van der Waals surface area contributed by atoms with Gasteiger partial charge in [-0.1, -0.05) is 37.0 Å². The third kappa shape index (κ3) is 2.31. The molecule has 1 aromatic heterocycles. The van der Waals surface area contributed by atoms with Gasteiger partial charge in [-0.25, -0.2) is 9.97 Å². The molecule has 1 saturated heterocycles. The quantitative estimate of drug-likeness (QED) is 0.760. The Balaban J connectivity index is 2.36. The maximum Gasteiger partial charge on any atom is 0.160 e. The van der Waals surface area contributed by atoms with Crippen LogP contribution in [0.4, 0.5) is 0 Å². The molecule has 1 aliphatic heterocycles. The van der Waals surface area contributed by atoms with E-state index in [9.17, 15) is 0 Å². The van der Waals surface area contributed by atoms with Crippen molar-refractivity contribution in [2.75, 3.05) is 6.61 Å². The zero-order valence-corrected chi connectivity index (χ0v) is 10.8. The van der Waals surface area contributed by atoms with Crippen LogP contribution in [-0.4, -0.2) is 16.6 Å². The van der Waals surface area contributed by atoms with Gasteiger partial charge in [0.2, 0.25) is 0 Å². The molecule has 0 aromatic carbocycles. The van der Waals surface area contributed by atoms with Gasteiger partial charge in [-0.15, -0.1) is 0 Å². The summed E-state index contributed by atoms with van der Waals surface area (Å²) < 4.78 is 5.51. The van der Waals surface area contributed by atoms with Gasteiger partial charge in [0.25, 0.3) is 0 Å². The molecule has 1 fully saturated rings. The number of halogens is 2. The molecule has 0 bridgehead atoms. The van der Waals surface area contributed by atoms with Crippen LogP contribution in [0.15, 0.2) is 0 Å². The van der Waals surface area contributed by atoms with Gasteiger partial charge in [0.15, 0.2) is 5.82 Å². The molecular formula is C11H14Cl2N2O. The fourth-order valence-electron chi connectivity index (χ4n) is 1.83. The lowest BCUT2D eigenvalue weighted by Gasteiger charge is -2.13. The number of aromatic nitrogens is 2. The zero-order chi connectivity index (χ0) is 11.7. The van der Waals surface area contributed by atoms with Crippen molar-refractivity contribution in [1.29, 1.82) is 0 Å². The van der Waals surface area contributed by atoms with Crippen molar-refractivity contribution >= 4 is 23.2 Å². The number of hydrogen-bond donors (Lipinski definition) is 0. The maximum absolute atomic E-state index is 6.12. The molecule has 2 rings (SSSR count). The second-order valence-electron chi connectivity index (χ2n) is 4.23. The average molecular weight is 261 g/mol. The second-order valence-corrected chi connectivity index (χ2v) is 4.95. The van der Waals surface area contributed by atoms with Crippen LogP contribution in [0.3, 0.4) is 0 Å². The molecule has 3 nitrogen and oxygen atoms in total. The molecular weight excluding hydrogens is 247 g/mol. The van der Waals surface area contributed by atoms with Crippen LogP contribution in [0.25, 0.3) is 0 Å². The van der Waals surface area contributed by atoms with Gasteiger partial charge < -0.3 is 4.74 Å². The van der Waals surface area contributed by atoms with Crippen LogP contribution >= 0.6 is 23.2 Å². The molecule has 0 amide bonds. The largest absolute Gasteiger partial charge is 0.370 e. The van der Waals surface area contributed by atoms with Crippen molar-refractivity contribution in [2.24, 2.45) is 0 Å². The highest BCUT2D eigenvalue weighted by Crippen LogP contribution is 2.32. The summed E-state index contributed by atoms with van der Waals surface area (Å²) >= 11 is 12.2. The molecule has 1 unspecified atom stereocenters. The van der Waals surface area contributed by atoms with Crippen molar-refractivity contribution < 1.29 is 4.74 Å². The predicted octanol–water partition coefficient (Wildman–Crippen LogP) is 3.76. The third-order valence-corrected chi connectivity index (χ3v) is 3.24. The molecule has 2 heterocycles. The van der Waals surface area contributed by atoms with Gasteiger partial charge in [-0.05, 0) is 18.8 Å². The van der Waals surface area contributed by atoms with Crippen molar-refractivity contribution in [3.05, 3.63) is 21.7 Å². The van der Waals surface area contributed by atoms with E-state index < -0.39 is 0 Å². The molecule has 1 atom stereocenters. The second kappa shape index (κ2) is 4.86. The first-order valence-corrected chi connectivity index (χ1v) is 6.19. The lowest BCUT2D eigenvalue weighted by molar-refractivity contribution is 0.105. The fourth-order valence-corrected chi connectivity index (χ4v) is 2.67. The number of rotatable bonds is 2. The molecule has 0 aliphatic carbocycles. The number of hydrogen-bond acceptors (Lipinski definition) is 3. The molecule has 88 valence electrons. The number of ether oxygens (including phenoxy) is 1. The third-order valence-electron chi connectivity index (χ3n) is 2.66. The van der Waals surface area contributed by atoms with Crippen LogP contribution in [0.5, 0.6) is 0 Å². The van der Waals surface area contributed by atoms with Gasteiger partial charge in [0.05, 0.1) is 0 Å². The molecule has 5 heteroatoms. The van der Waals surface area contributed by atoms with E-state index in [0.717, 1.165) is 25.0 Å². The summed E-state index contributed by atoms with van der Waals surface area (Å²) in [5.74, 6) is 0.829. The first-order valence-electron chi connectivity index (χ1n) is 5.44. The van der Waals surface area contributed by atoms with E-state index in [4.69, 9.17) is 27.9 Å². The van der Waals surface area contributed by atoms with E-state index in [1.165, 1.54) is 0 Å². The van der Waals surface area contributed by atoms with Gasteiger partial charge in [-0.2, -0.15) is 0 Å². The Labute approximate surface area is 105 Å². The zero-order valence-electron chi connectivity index (χ0n) is 9.33. The Morgan fingerprint density at radius 3 is 2.31 bits per heavy atom. The van der Waals surface area contributed by atoms with Gasteiger partial charge in [0, 0.05) is 12.2 Å². The highest BCUT2D eigenvalue weighted by Gasteiger charge is 2.23. The molecule has 0 radical (unpaired) electrons. The van der Waals surface area contributed by atoms with Crippen molar-refractivity contribution in [3.8, 4) is 0 Å². The summed E-state index contributed by atoms with van der Waals surface area (Å²) in [5, 5.41) is 0.890. The first-order chi connectivity index (χ1) is 7.59. The topological polar surface area (TPSA) is 35.0 Å². The highest BCUT2D eigenvalue weighted by atomic mass is 35.5. The molecule has 1 aromatic rings. The Bertz CT molecular complexity index is 367. The van der Waals surface area contributed by atoms with Crippen LogP contribution in [0.1, 0.15) is 50.1 Å². The standard InChI is InChI=1S/C11H14Cl2N2O/c1-6(2)8-9(12)14-11(15-10(8)13)7-4-3-5-16-7/h6-7H,3-5H2,1-2H3. The maximum atomic E-state index is 6.12. The van der Waals surface area contributed by atoms with Gasteiger partial charge >= 0.3 is 0 Å². The summed E-state index contributed by atoms with van der Waals surface area (Å²) in [6, 6.07) is 0. The summed E-state index contributed by atoms with van der Waals surface area (Å²) in [4.78, 5) is 8.56. The van der Waals surface area contributed by atoms with E-state index in [1.807, 2.05) is 13.8 Å². The Kier molecular flexibility index (Phi) is 3.67. The minimum Gasteiger partial charge on any atom is -0.370 e. The Morgan fingerprint density at radius 1 is 1.25 bits per heavy atom. The number of nitrogens with zero attached hydrogens (tertiary/aromatic N) is 2. The normalized spacial score (nSPS) is 20.7. The van der Waals surface area contributed by atoms with Crippen LogP contribution in [0.2, 0.25) is 10.3 Å². The van der Waals surface area contributed by atoms with Crippen LogP contribution < -0.4 is 0 Å². The molecule has 0 saturated carbocycles. The SMILES string of the molecule is CC(C)c1c(Cl)nc(C2CCCO2)nc1Cl. The van der Waals surface area contributed by atoms with E-state index in [-0.39, 0.29) is 12.0 Å². The molecule has 1 aliphatic rings. The Morgan fingerprint density at radius 2 is 1.88 bits per heavy atom. The van der Waals surface area contributed by atoms with Crippen molar-refractivity contribution in [3.63, 3.8) is 0 Å². The predicted molar refractivity (Wildman–Crippen MR) is 64.1 cm³/mol. The minimum absolute atomic E-state index is 0.0452. The van der Waals surface area contributed by atoms with Gasteiger partial charge in [-0.3, -0.25) is 0 Å². The van der Waals surface area contributed by atoms with Crippen molar-refractivity contribution in [1.82, 2.24) is 9.97 Å². The van der Waals surface area contributed by atoms with E-state index in [2.05, 4.69) is 9.97 Å². The molecule has 0 spiro atoms. The van der Waals surface area contributed by atoms with Crippen LogP contribution in [-0.2, 0) is 4.74 Å². The summed E-state index contributed by atoms with van der Waals surface area (Å²) in [6.45, 7) is 4.79. The van der Waals surface area contributed by atoms with E-state index in [0.29, 0.717) is 16.1 Å². The molecule has 16 heavy (non-hydrogen) atoms. The average Bonchev–Trinajstić information content (AvgIpc) is 2.67. The van der Waals surface area contributed by atoms with Gasteiger partial charge in [0.1, 0.15) is 16.4 Å². The lowest BCUT2D eigenvalue weighted by atomic mass is 10.1. The van der Waals surface area contributed by atoms with E-state index >= 15 is 0 Å². The monoisotopic (exact) mass is 260 g/mol. The Hall–Kier alpha value is -0.380. The summed E-state index contributed by atoms with van der Waals surface area (Å²) in [6.07, 6.45) is 1.93.